The van der Waals surface area contributed by atoms with E-state index in [0.29, 0.717) is 58.8 Å². The Labute approximate surface area is 223 Å². The average Bonchev–Trinajstić information content (AvgIpc) is 2.90. The zero-order valence-corrected chi connectivity index (χ0v) is 23.0. The van der Waals surface area contributed by atoms with Gasteiger partial charge >= 0.3 is 5.97 Å². The number of allylic oxidation sites excluding steroid dienone is 4. The predicted octanol–water partition coefficient (Wildman–Crippen LogP) is 6.77. The summed E-state index contributed by atoms with van der Waals surface area (Å²) in [6.07, 6.45) is 11.6. The first-order valence-corrected chi connectivity index (χ1v) is 12.8. The molecule has 0 amide bonds. The van der Waals surface area contributed by atoms with Crippen LogP contribution in [0.3, 0.4) is 0 Å². The van der Waals surface area contributed by atoms with E-state index in [-0.39, 0.29) is 22.1 Å². The molecule has 1 fully saturated rings. The fourth-order valence-corrected chi connectivity index (χ4v) is 5.03. The number of aromatic nitrogens is 1. The monoisotopic (exact) mass is 523 g/mol. The van der Waals surface area contributed by atoms with Gasteiger partial charge in [-0.05, 0) is 55.7 Å². The van der Waals surface area contributed by atoms with E-state index < -0.39 is 5.97 Å². The van der Waals surface area contributed by atoms with E-state index in [9.17, 15) is 14.4 Å². The Bertz CT molecular complexity index is 1250. The van der Waals surface area contributed by atoms with Crippen LogP contribution in [0.25, 0.3) is 0 Å². The summed E-state index contributed by atoms with van der Waals surface area (Å²) in [4.78, 5) is 41.1. The number of aldehydes is 1. The summed E-state index contributed by atoms with van der Waals surface area (Å²) in [6.45, 7) is 9.98. The number of pyridine rings is 1. The summed E-state index contributed by atoms with van der Waals surface area (Å²) in [5.74, 6) is 0.510. The van der Waals surface area contributed by atoms with Crippen molar-refractivity contribution in [3.63, 3.8) is 0 Å². The first-order valence-electron chi connectivity index (χ1n) is 12.4. The van der Waals surface area contributed by atoms with E-state index in [1.165, 1.54) is 19.5 Å². The second-order valence-electron chi connectivity index (χ2n) is 9.92. The SMILES string of the molecule is COc1c(C=O)c(C)c(Cl)c(OC(=O)c2ccncc2)c1C/C=C(C)/C=C/[C@@]1(C)[C@H](C)CCC(=O)[C@@H]1C. The molecule has 1 aromatic carbocycles. The number of halogens is 1. The molecule has 3 atom stereocenters. The molecule has 0 aliphatic heterocycles. The highest BCUT2D eigenvalue weighted by molar-refractivity contribution is 6.33. The maximum Gasteiger partial charge on any atom is 0.343 e. The first-order chi connectivity index (χ1) is 17.5. The third-order valence-electron chi connectivity index (χ3n) is 7.79. The second-order valence-corrected chi connectivity index (χ2v) is 10.3. The quantitative estimate of drug-likeness (QED) is 0.164. The Morgan fingerprint density at radius 2 is 1.92 bits per heavy atom. The highest BCUT2D eigenvalue weighted by Crippen LogP contribution is 2.45. The number of ether oxygens (including phenoxy) is 2. The summed E-state index contributed by atoms with van der Waals surface area (Å²) in [7, 11) is 1.47. The van der Waals surface area contributed by atoms with Gasteiger partial charge in [-0.1, -0.05) is 56.2 Å². The molecule has 6 nitrogen and oxygen atoms in total. The van der Waals surface area contributed by atoms with E-state index >= 15 is 0 Å². The van der Waals surface area contributed by atoms with Crippen LogP contribution in [0.1, 0.15) is 72.4 Å². The van der Waals surface area contributed by atoms with E-state index in [1.807, 2.05) is 26.0 Å². The predicted molar refractivity (Wildman–Crippen MR) is 145 cm³/mol. The molecule has 1 heterocycles. The average molecular weight is 524 g/mol. The van der Waals surface area contributed by atoms with Gasteiger partial charge in [0.25, 0.3) is 0 Å². The van der Waals surface area contributed by atoms with Crippen LogP contribution >= 0.6 is 11.6 Å². The van der Waals surface area contributed by atoms with Crippen molar-refractivity contribution < 1.29 is 23.9 Å². The molecule has 0 bridgehead atoms. The number of esters is 1. The van der Waals surface area contributed by atoms with Gasteiger partial charge in [-0.2, -0.15) is 0 Å². The number of hydrogen-bond donors (Lipinski definition) is 0. The van der Waals surface area contributed by atoms with Gasteiger partial charge < -0.3 is 9.47 Å². The van der Waals surface area contributed by atoms with Crippen molar-refractivity contribution in [2.45, 2.75) is 53.9 Å². The summed E-state index contributed by atoms with van der Waals surface area (Å²) in [5.41, 5.74) is 2.32. The number of hydrogen-bond acceptors (Lipinski definition) is 6. The fraction of sp³-hybridized carbons (Fsp3) is 0.400. The van der Waals surface area contributed by atoms with Crippen LogP contribution < -0.4 is 9.47 Å². The number of methoxy groups -OCH3 is 1. The number of Topliss-reactive ketones (excluding diaryl/α,β-unsaturated/α-hetero) is 1. The molecule has 0 radical (unpaired) electrons. The highest BCUT2D eigenvalue weighted by atomic mass is 35.5. The third-order valence-corrected chi connectivity index (χ3v) is 8.25. The molecular weight excluding hydrogens is 490 g/mol. The molecule has 0 saturated heterocycles. The number of rotatable bonds is 8. The lowest BCUT2D eigenvalue weighted by Gasteiger charge is -2.42. The van der Waals surface area contributed by atoms with Crippen LogP contribution in [-0.2, 0) is 11.2 Å². The van der Waals surface area contributed by atoms with Crippen molar-refractivity contribution >= 4 is 29.6 Å². The molecule has 3 rings (SSSR count). The summed E-state index contributed by atoms with van der Waals surface area (Å²) in [6, 6.07) is 3.10. The van der Waals surface area contributed by atoms with Crippen molar-refractivity contribution in [3.8, 4) is 11.5 Å². The molecule has 196 valence electrons. The molecule has 1 aliphatic carbocycles. The van der Waals surface area contributed by atoms with Crippen molar-refractivity contribution in [1.82, 2.24) is 4.98 Å². The summed E-state index contributed by atoms with van der Waals surface area (Å²) in [5, 5.41) is 0.178. The van der Waals surface area contributed by atoms with Crippen molar-refractivity contribution in [2.75, 3.05) is 7.11 Å². The van der Waals surface area contributed by atoms with Crippen LogP contribution in [0.2, 0.25) is 5.02 Å². The minimum Gasteiger partial charge on any atom is -0.496 e. The Hall–Kier alpha value is -3.25. The molecule has 37 heavy (non-hydrogen) atoms. The molecule has 1 aromatic heterocycles. The minimum atomic E-state index is -0.593. The standard InChI is InChI=1S/C30H34ClNO5/c1-18(11-14-30(5)19(2)8-10-25(34)21(30)4)7-9-23-27(36-6)24(17-33)20(3)26(31)28(23)37-29(35)22-12-15-32-16-13-22/h7,11-17,19,21H,8-10H2,1-6H3/b14-11+,18-7+/t19-,21+,30+/m1/s1. The molecule has 2 aromatic rings. The number of carbonyl (C=O) groups is 3. The Morgan fingerprint density at radius 3 is 2.54 bits per heavy atom. The Balaban J connectivity index is 1.99. The van der Waals surface area contributed by atoms with Gasteiger partial charge in [0.2, 0.25) is 0 Å². The topological polar surface area (TPSA) is 82.6 Å². The van der Waals surface area contributed by atoms with Crippen molar-refractivity contribution in [3.05, 3.63) is 75.6 Å². The van der Waals surface area contributed by atoms with Gasteiger partial charge in [-0.15, -0.1) is 0 Å². The maximum atomic E-state index is 12.8. The zero-order valence-electron chi connectivity index (χ0n) is 22.3. The molecular formula is C30H34ClNO5. The van der Waals surface area contributed by atoms with Crippen molar-refractivity contribution in [2.24, 2.45) is 17.3 Å². The van der Waals surface area contributed by atoms with Crippen LogP contribution in [0.5, 0.6) is 11.5 Å². The van der Waals surface area contributed by atoms with Gasteiger partial charge in [0.1, 0.15) is 11.5 Å². The van der Waals surface area contributed by atoms with Crippen LogP contribution in [0, 0.1) is 24.2 Å². The molecule has 7 heteroatoms. The van der Waals surface area contributed by atoms with Crippen LogP contribution in [0.15, 0.2) is 48.3 Å². The number of ketones is 1. The summed E-state index contributed by atoms with van der Waals surface area (Å²) >= 11 is 6.61. The zero-order chi connectivity index (χ0) is 27.3. The van der Waals surface area contributed by atoms with E-state index in [2.05, 4.69) is 24.9 Å². The minimum absolute atomic E-state index is 0.0503. The first kappa shape index (κ1) is 28.3. The molecule has 0 unspecified atom stereocenters. The van der Waals surface area contributed by atoms with Gasteiger partial charge in [-0.3, -0.25) is 14.6 Å². The highest BCUT2D eigenvalue weighted by Gasteiger charge is 2.41. The number of benzene rings is 1. The van der Waals surface area contributed by atoms with Crippen LogP contribution in [-0.4, -0.2) is 30.1 Å². The smallest absolute Gasteiger partial charge is 0.343 e. The van der Waals surface area contributed by atoms with Crippen molar-refractivity contribution in [1.29, 1.82) is 0 Å². The van der Waals surface area contributed by atoms with Crippen LogP contribution in [0.4, 0.5) is 0 Å². The lowest BCUT2D eigenvalue weighted by molar-refractivity contribution is -0.129. The largest absolute Gasteiger partial charge is 0.496 e. The van der Waals surface area contributed by atoms with Gasteiger partial charge in [0.15, 0.2) is 12.0 Å². The van der Waals surface area contributed by atoms with E-state index in [0.717, 1.165) is 12.0 Å². The second kappa shape index (κ2) is 11.9. The normalized spacial score (nSPS) is 22.2. The molecule has 0 spiro atoms. The van der Waals surface area contributed by atoms with Gasteiger partial charge in [0, 0.05) is 30.3 Å². The molecule has 1 aliphatic rings. The lowest BCUT2D eigenvalue weighted by Crippen LogP contribution is -2.40. The third kappa shape index (κ3) is 5.85. The Morgan fingerprint density at radius 1 is 1.24 bits per heavy atom. The summed E-state index contributed by atoms with van der Waals surface area (Å²) < 4.78 is 11.3. The number of carbonyl (C=O) groups excluding carboxylic acids is 3. The lowest BCUT2D eigenvalue weighted by atomic mass is 9.61. The van der Waals surface area contributed by atoms with E-state index in [1.54, 1.807) is 19.1 Å². The fourth-order valence-electron chi connectivity index (χ4n) is 4.77. The van der Waals surface area contributed by atoms with E-state index in [4.69, 9.17) is 21.1 Å². The van der Waals surface area contributed by atoms with Gasteiger partial charge in [-0.25, -0.2) is 4.79 Å². The number of nitrogens with zero attached hydrogens (tertiary/aromatic N) is 1. The molecule has 1 saturated carbocycles. The van der Waals surface area contributed by atoms with Gasteiger partial charge in [0.05, 0.1) is 23.3 Å². The Kier molecular flexibility index (Phi) is 9.08. The maximum absolute atomic E-state index is 12.8. The molecule has 0 N–H and O–H groups in total.